The lowest BCUT2D eigenvalue weighted by Gasteiger charge is -2.18. The Morgan fingerprint density at radius 1 is 1.12 bits per heavy atom. The lowest BCUT2D eigenvalue weighted by Crippen LogP contribution is -2.23. The van der Waals surface area contributed by atoms with Crippen molar-refractivity contribution in [2.24, 2.45) is 0 Å². The Morgan fingerprint density at radius 3 is 2.77 bits per heavy atom. The van der Waals surface area contributed by atoms with Crippen LogP contribution in [0.1, 0.15) is 21.7 Å². The number of rotatable bonds is 5. The van der Waals surface area contributed by atoms with E-state index in [9.17, 15) is 4.79 Å². The van der Waals surface area contributed by atoms with Crippen molar-refractivity contribution in [2.75, 3.05) is 19.5 Å². The third kappa shape index (κ3) is 3.24. The lowest BCUT2D eigenvalue weighted by atomic mass is 10.1. The number of carbonyl (C=O) groups is 1. The Labute approximate surface area is 155 Å². The smallest absolute Gasteiger partial charge is 0.287 e. The van der Waals surface area contributed by atoms with Crippen LogP contribution in [0.2, 0.25) is 0 Å². The van der Waals surface area contributed by atoms with E-state index < -0.39 is 0 Å². The van der Waals surface area contributed by atoms with Crippen LogP contribution in [0.4, 0.5) is 0 Å². The summed E-state index contributed by atoms with van der Waals surface area (Å²) in [5, 5.41) is 3.94. The minimum atomic E-state index is -0.208. The number of benzene rings is 2. The molecule has 26 heavy (non-hydrogen) atoms. The van der Waals surface area contributed by atoms with Gasteiger partial charge >= 0.3 is 0 Å². The van der Waals surface area contributed by atoms with Crippen LogP contribution < -0.4 is 14.8 Å². The second-order valence-corrected chi connectivity index (χ2v) is 6.87. The van der Waals surface area contributed by atoms with E-state index in [1.165, 1.54) is 0 Å². The fraction of sp³-hybridized carbons (Fsp3) is 0.250. The van der Waals surface area contributed by atoms with E-state index in [0.29, 0.717) is 25.5 Å². The molecule has 1 aliphatic rings. The lowest BCUT2D eigenvalue weighted by molar-refractivity contribution is 0.0924. The van der Waals surface area contributed by atoms with Crippen molar-refractivity contribution in [3.8, 4) is 11.5 Å². The van der Waals surface area contributed by atoms with Crippen LogP contribution in [0, 0.1) is 0 Å². The quantitative estimate of drug-likeness (QED) is 0.737. The Morgan fingerprint density at radius 2 is 1.92 bits per heavy atom. The minimum absolute atomic E-state index is 0.208. The molecule has 3 aromatic rings. The molecule has 1 N–H and O–H groups in total. The number of para-hydroxylation sites is 1. The number of hydrogen-bond acceptors (Lipinski definition) is 5. The highest BCUT2D eigenvalue weighted by Crippen LogP contribution is 2.31. The van der Waals surface area contributed by atoms with Crippen LogP contribution in [-0.4, -0.2) is 25.4 Å². The molecule has 5 nitrogen and oxygen atoms in total. The molecular formula is C20H19NO4S. The molecule has 0 atom stereocenters. The van der Waals surface area contributed by atoms with Gasteiger partial charge in [0.25, 0.3) is 5.91 Å². The Bertz CT molecular complexity index is 950. The zero-order valence-electron chi connectivity index (χ0n) is 14.4. The normalized spacial score (nSPS) is 13.0. The van der Waals surface area contributed by atoms with Gasteiger partial charge in [0, 0.05) is 23.2 Å². The Kier molecular flexibility index (Phi) is 4.75. The molecular weight excluding hydrogens is 350 g/mol. The maximum absolute atomic E-state index is 12.7. The van der Waals surface area contributed by atoms with Crippen LogP contribution in [0.3, 0.4) is 0 Å². The standard InChI is InChI=1S/C20H19NO4S/c1-26-12-15-14-4-2-3-5-16(14)25-19(15)20(22)21-11-13-6-7-17-18(10-13)24-9-8-23-17/h2-7,10H,8-9,11-12H2,1H3,(H,21,22). The predicted octanol–water partition coefficient (Wildman–Crippen LogP) is 4.00. The average Bonchev–Trinajstić information content (AvgIpc) is 3.05. The minimum Gasteiger partial charge on any atom is -0.486 e. The van der Waals surface area contributed by atoms with Crippen LogP contribution >= 0.6 is 11.8 Å². The Balaban J connectivity index is 1.53. The maximum atomic E-state index is 12.7. The molecule has 0 saturated heterocycles. The van der Waals surface area contributed by atoms with Crippen LogP contribution in [0.15, 0.2) is 46.9 Å². The highest BCUT2D eigenvalue weighted by atomic mass is 32.2. The van der Waals surface area contributed by atoms with E-state index in [-0.39, 0.29) is 5.91 Å². The first kappa shape index (κ1) is 16.8. The number of hydrogen-bond donors (Lipinski definition) is 1. The summed E-state index contributed by atoms with van der Waals surface area (Å²) in [5.74, 6) is 2.36. The number of thioether (sulfide) groups is 1. The van der Waals surface area contributed by atoms with Crippen LogP contribution in [0.5, 0.6) is 11.5 Å². The van der Waals surface area contributed by atoms with Gasteiger partial charge in [0.15, 0.2) is 17.3 Å². The second kappa shape index (κ2) is 7.33. The van der Waals surface area contributed by atoms with Gasteiger partial charge < -0.3 is 19.2 Å². The molecule has 0 fully saturated rings. The molecule has 1 amide bonds. The van der Waals surface area contributed by atoms with Gasteiger partial charge in [0.1, 0.15) is 18.8 Å². The number of amides is 1. The average molecular weight is 369 g/mol. The van der Waals surface area contributed by atoms with E-state index in [1.807, 2.05) is 48.7 Å². The molecule has 1 aromatic heterocycles. The summed E-state index contributed by atoms with van der Waals surface area (Å²) < 4.78 is 16.9. The first-order valence-electron chi connectivity index (χ1n) is 8.42. The zero-order chi connectivity index (χ0) is 17.9. The van der Waals surface area contributed by atoms with Gasteiger partial charge in [-0.2, -0.15) is 11.8 Å². The molecule has 2 aromatic carbocycles. The van der Waals surface area contributed by atoms with Gasteiger partial charge in [0.05, 0.1) is 0 Å². The van der Waals surface area contributed by atoms with Crippen molar-refractivity contribution in [3.05, 3.63) is 59.4 Å². The summed E-state index contributed by atoms with van der Waals surface area (Å²) in [6.07, 6.45) is 2.01. The van der Waals surface area contributed by atoms with E-state index in [1.54, 1.807) is 11.8 Å². The van der Waals surface area contributed by atoms with Gasteiger partial charge in [0.2, 0.25) is 0 Å². The largest absolute Gasteiger partial charge is 0.486 e. The summed E-state index contributed by atoms with van der Waals surface area (Å²) >= 11 is 1.67. The van der Waals surface area contributed by atoms with E-state index in [2.05, 4.69) is 5.32 Å². The molecule has 2 heterocycles. The van der Waals surface area contributed by atoms with Gasteiger partial charge in [-0.25, -0.2) is 0 Å². The van der Waals surface area contributed by atoms with Crippen molar-refractivity contribution in [1.29, 1.82) is 0 Å². The molecule has 134 valence electrons. The first-order chi connectivity index (χ1) is 12.8. The van der Waals surface area contributed by atoms with Crippen LogP contribution in [-0.2, 0) is 12.3 Å². The topological polar surface area (TPSA) is 60.7 Å². The summed E-state index contributed by atoms with van der Waals surface area (Å²) in [7, 11) is 0. The third-order valence-corrected chi connectivity index (χ3v) is 4.83. The van der Waals surface area contributed by atoms with Gasteiger partial charge in [-0.1, -0.05) is 24.3 Å². The number of furan rings is 1. The summed E-state index contributed by atoms with van der Waals surface area (Å²) in [6, 6.07) is 13.4. The monoisotopic (exact) mass is 369 g/mol. The molecule has 1 aliphatic heterocycles. The SMILES string of the molecule is CSCc1c(C(=O)NCc2ccc3c(c2)OCCO3)oc2ccccc12. The fourth-order valence-corrected chi connectivity index (χ4v) is 3.61. The second-order valence-electron chi connectivity index (χ2n) is 6.00. The number of carbonyl (C=O) groups excluding carboxylic acids is 1. The predicted molar refractivity (Wildman–Crippen MR) is 102 cm³/mol. The van der Waals surface area contributed by atoms with Gasteiger partial charge in [-0.3, -0.25) is 4.79 Å². The van der Waals surface area contributed by atoms with Crippen molar-refractivity contribution < 1.29 is 18.7 Å². The van der Waals surface area contributed by atoms with Gasteiger partial charge in [-0.05, 0) is 30.0 Å². The Hall–Kier alpha value is -2.60. The number of fused-ring (bicyclic) bond motifs is 2. The summed E-state index contributed by atoms with van der Waals surface area (Å²) in [5.41, 5.74) is 2.62. The first-order valence-corrected chi connectivity index (χ1v) is 9.81. The number of ether oxygens (including phenoxy) is 2. The molecule has 0 radical (unpaired) electrons. The van der Waals surface area contributed by atoms with Gasteiger partial charge in [-0.15, -0.1) is 0 Å². The molecule has 0 bridgehead atoms. The van der Waals surface area contributed by atoms with Crippen LogP contribution in [0.25, 0.3) is 11.0 Å². The summed E-state index contributed by atoms with van der Waals surface area (Å²) in [6.45, 7) is 1.50. The molecule has 0 saturated carbocycles. The van der Waals surface area contributed by atoms with E-state index >= 15 is 0 Å². The highest BCUT2D eigenvalue weighted by Gasteiger charge is 2.20. The maximum Gasteiger partial charge on any atom is 0.287 e. The van der Waals surface area contributed by atoms with Crippen molar-refractivity contribution in [2.45, 2.75) is 12.3 Å². The molecule has 0 spiro atoms. The third-order valence-electron chi connectivity index (χ3n) is 4.25. The molecule has 0 unspecified atom stereocenters. The van der Waals surface area contributed by atoms with Crippen molar-refractivity contribution in [3.63, 3.8) is 0 Å². The molecule has 0 aliphatic carbocycles. The van der Waals surface area contributed by atoms with Crippen molar-refractivity contribution >= 4 is 28.6 Å². The number of nitrogens with one attached hydrogen (secondary N) is 1. The highest BCUT2D eigenvalue weighted by molar-refractivity contribution is 7.97. The van der Waals surface area contributed by atoms with E-state index in [0.717, 1.165) is 39.3 Å². The summed E-state index contributed by atoms with van der Waals surface area (Å²) in [4.78, 5) is 12.7. The van der Waals surface area contributed by atoms with E-state index in [4.69, 9.17) is 13.9 Å². The fourth-order valence-electron chi connectivity index (χ4n) is 3.03. The van der Waals surface area contributed by atoms with Crippen molar-refractivity contribution in [1.82, 2.24) is 5.32 Å². The molecule has 6 heteroatoms. The molecule has 4 rings (SSSR count). The zero-order valence-corrected chi connectivity index (χ0v) is 15.2.